The summed E-state index contributed by atoms with van der Waals surface area (Å²) in [5, 5.41) is 4.80. The molecule has 0 spiro atoms. The molecule has 1 rings (SSSR count). The molecule has 0 atom stereocenters. The van der Waals surface area contributed by atoms with Gasteiger partial charge in [-0.1, -0.05) is 12.8 Å². The summed E-state index contributed by atoms with van der Waals surface area (Å²) in [4.78, 5) is 22.1. The van der Waals surface area contributed by atoms with Crippen LogP contribution in [0.3, 0.4) is 0 Å². The Morgan fingerprint density at radius 2 is 1.41 bits per heavy atom. The summed E-state index contributed by atoms with van der Waals surface area (Å²) in [6.07, 6.45) is 3.09. The number of carbonyl (C=O) groups excluding carboxylic acids is 2. The van der Waals surface area contributed by atoms with Crippen LogP contribution in [0.25, 0.3) is 0 Å². The van der Waals surface area contributed by atoms with Gasteiger partial charge in [-0.05, 0) is 12.8 Å². The number of hydrogen-bond donors (Lipinski definition) is 2. The standard InChI is InChI=1S/C11H20N2O4/c1-12-9(14)16-7-11(5-3-4-6-11)8-17-10(15)13-2/h3-8H2,1-2H3,(H,12,14)(H,13,15). The summed E-state index contributed by atoms with van der Waals surface area (Å²) >= 11 is 0. The van der Waals surface area contributed by atoms with Gasteiger partial charge in [0.05, 0.1) is 0 Å². The topological polar surface area (TPSA) is 76.7 Å². The highest BCUT2D eigenvalue weighted by Crippen LogP contribution is 2.38. The Morgan fingerprint density at radius 1 is 1.00 bits per heavy atom. The molecule has 17 heavy (non-hydrogen) atoms. The van der Waals surface area contributed by atoms with Gasteiger partial charge in [0.2, 0.25) is 0 Å². The minimum absolute atomic E-state index is 0.209. The molecular formula is C11H20N2O4. The van der Waals surface area contributed by atoms with Crippen molar-refractivity contribution in [3.05, 3.63) is 0 Å². The lowest BCUT2D eigenvalue weighted by Gasteiger charge is -2.27. The minimum Gasteiger partial charge on any atom is -0.449 e. The Labute approximate surface area is 101 Å². The molecule has 0 aliphatic heterocycles. The molecule has 6 nitrogen and oxygen atoms in total. The average Bonchev–Trinajstić information content (AvgIpc) is 2.82. The molecule has 1 aliphatic rings. The van der Waals surface area contributed by atoms with Crippen LogP contribution in [0.1, 0.15) is 25.7 Å². The fraction of sp³-hybridized carbons (Fsp3) is 0.818. The molecule has 2 N–H and O–H groups in total. The van der Waals surface area contributed by atoms with Gasteiger partial charge in [-0.25, -0.2) is 9.59 Å². The second-order valence-electron chi connectivity index (χ2n) is 4.36. The maximum absolute atomic E-state index is 11.1. The Kier molecular flexibility index (Phi) is 5.06. The van der Waals surface area contributed by atoms with Crippen molar-refractivity contribution < 1.29 is 19.1 Å². The third kappa shape index (κ3) is 4.13. The lowest BCUT2D eigenvalue weighted by atomic mass is 9.88. The quantitative estimate of drug-likeness (QED) is 0.780. The van der Waals surface area contributed by atoms with E-state index in [0.717, 1.165) is 25.7 Å². The summed E-state index contributed by atoms with van der Waals surface area (Å²) in [6.45, 7) is 0.591. The third-order valence-corrected chi connectivity index (χ3v) is 3.09. The fourth-order valence-electron chi connectivity index (χ4n) is 2.04. The van der Waals surface area contributed by atoms with Gasteiger partial charge in [0, 0.05) is 19.5 Å². The molecule has 0 bridgehead atoms. The van der Waals surface area contributed by atoms with E-state index in [1.807, 2.05) is 0 Å². The smallest absolute Gasteiger partial charge is 0.406 e. The monoisotopic (exact) mass is 244 g/mol. The number of rotatable bonds is 4. The van der Waals surface area contributed by atoms with E-state index in [-0.39, 0.29) is 5.41 Å². The van der Waals surface area contributed by atoms with Crippen LogP contribution >= 0.6 is 0 Å². The van der Waals surface area contributed by atoms with Crippen molar-refractivity contribution in [3.63, 3.8) is 0 Å². The van der Waals surface area contributed by atoms with Crippen molar-refractivity contribution in [2.24, 2.45) is 5.41 Å². The Balaban J connectivity index is 2.44. The SMILES string of the molecule is CNC(=O)OCC1(COC(=O)NC)CCCC1. The highest BCUT2D eigenvalue weighted by molar-refractivity contribution is 5.67. The van der Waals surface area contributed by atoms with Gasteiger partial charge in [0.15, 0.2) is 0 Å². The second kappa shape index (κ2) is 6.32. The molecule has 0 saturated heterocycles. The predicted octanol–water partition coefficient (Wildman–Crippen LogP) is 1.26. The van der Waals surface area contributed by atoms with Crippen molar-refractivity contribution in [1.82, 2.24) is 10.6 Å². The number of alkyl carbamates (subject to hydrolysis) is 2. The van der Waals surface area contributed by atoms with Gasteiger partial charge in [0.1, 0.15) is 13.2 Å². The van der Waals surface area contributed by atoms with E-state index in [1.165, 1.54) is 14.1 Å². The summed E-state index contributed by atoms with van der Waals surface area (Å²) in [5.41, 5.74) is -0.209. The highest BCUT2D eigenvalue weighted by Gasteiger charge is 2.36. The summed E-state index contributed by atoms with van der Waals surface area (Å²) in [7, 11) is 3.04. The molecule has 0 aromatic heterocycles. The molecule has 98 valence electrons. The van der Waals surface area contributed by atoms with E-state index < -0.39 is 12.2 Å². The van der Waals surface area contributed by atoms with Crippen molar-refractivity contribution in [3.8, 4) is 0 Å². The van der Waals surface area contributed by atoms with E-state index in [1.54, 1.807) is 0 Å². The first-order chi connectivity index (χ1) is 8.12. The zero-order valence-electron chi connectivity index (χ0n) is 10.4. The molecule has 1 aliphatic carbocycles. The number of carbonyl (C=O) groups is 2. The first-order valence-electron chi connectivity index (χ1n) is 5.81. The minimum atomic E-state index is -0.448. The lowest BCUT2D eigenvalue weighted by Crippen LogP contribution is -2.35. The van der Waals surface area contributed by atoms with Crippen LogP contribution in [0, 0.1) is 5.41 Å². The van der Waals surface area contributed by atoms with Crippen LogP contribution in [-0.2, 0) is 9.47 Å². The first kappa shape index (κ1) is 13.6. The molecule has 6 heteroatoms. The van der Waals surface area contributed by atoms with Crippen molar-refractivity contribution in [2.75, 3.05) is 27.3 Å². The molecule has 0 unspecified atom stereocenters. The number of nitrogens with one attached hydrogen (secondary N) is 2. The first-order valence-corrected chi connectivity index (χ1v) is 5.81. The van der Waals surface area contributed by atoms with Crippen molar-refractivity contribution >= 4 is 12.2 Å². The number of amides is 2. The maximum atomic E-state index is 11.1. The van der Waals surface area contributed by atoms with Gasteiger partial charge in [-0.3, -0.25) is 0 Å². The zero-order chi connectivity index (χ0) is 12.7. The van der Waals surface area contributed by atoms with Gasteiger partial charge in [-0.15, -0.1) is 0 Å². The van der Waals surface area contributed by atoms with Crippen LogP contribution in [-0.4, -0.2) is 39.5 Å². The van der Waals surface area contributed by atoms with Gasteiger partial charge >= 0.3 is 12.2 Å². The van der Waals surface area contributed by atoms with Crippen LogP contribution in [0.2, 0.25) is 0 Å². The molecule has 0 heterocycles. The van der Waals surface area contributed by atoms with Crippen LogP contribution < -0.4 is 10.6 Å². The van der Waals surface area contributed by atoms with Crippen LogP contribution in [0.5, 0.6) is 0 Å². The van der Waals surface area contributed by atoms with Crippen LogP contribution in [0.15, 0.2) is 0 Å². The van der Waals surface area contributed by atoms with E-state index in [2.05, 4.69) is 10.6 Å². The second-order valence-corrected chi connectivity index (χ2v) is 4.36. The number of ether oxygens (including phenoxy) is 2. The highest BCUT2D eigenvalue weighted by atomic mass is 16.6. The molecule has 0 aromatic rings. The van der Waals surface area contributed by atoms with Crippen molar-refractivity contribution in [1.29, 1.82) is 0 Å². The Bertz CT molecular complexity index is 253. The predicted molar refractivity (Wildman–Crippen MR) is 61.7 cm³/mol. The Morgan fingerprint density at radius 3 is 1.76 bits per heavy atom. The molecular weight excluding hydrogens is 224 g/mol. The van der Waals surface area contributed by atoms with E-state index >= 15 is 0 Å². The van der Waals surface area contributed by atoms with E-state index in [9.17, 15) is 9.59 Å². The molecule has 0 aromatic carbocycles. The largest absolute Gasteiger partial charge is 0.449 e. The number of hydrogen-bond acceptors (Lipinski definition) is 4. The van der Waals surface area contributed by atoms with Gasteiger partial charge in [-0.2, -0.15) is 0 Å². The summed E-state index contributed by atoms with van der Waals surface area (Å²) in [5.74, 6) is 0. The van der Waals surface area contributed by atoms with E-state index in [4.69, 9.17) is 9.47 Å². The van der Waals surface area contributed by atoms with E-state index in [0.29, 0.717) is 13.2 Å². The lowest BCUT2D eigenvalue weighted by molar-refractivity contribution is 0.0309. The van der Waals surface area contributed by atoms with Gasteiger partial charge < -0.3 is 20.1 Å². The molecule has 1 saturated carbocycles. The normalized spacial score (nSPS) is 17.3. The fourth-order valence-corrected chi connectivity index (χ4v) is 2.04. The maximum Gasteiger partial charge on any atom is 0.406 e. The Hall–Kier alpha value is -1.46. The third-order valence-electron chi connectivity index (χ3n) is 3.09. The molecule has 0 radical (unpaired) electrons. The van der Waals surface area contributed by atoms with Crippen LogP contribution in [0.4, 0.5) is 9.59 Å². The molecule has 1 fully saturated rings. The summed E-state index contributed by atoms with van der Waals surface area (Å²) in [6, 6.07) is 0. The van der Waals surface area contributed by atoms with Gasteiger partial charge in [0.25, 0.3) is 0 Å². The molecule has 2 amide bonds. The zero-order valence-corrected chi connectivity index (χ0v) is 10.4. The summed E-state index contributed by atoms with van der Waals surface area (Å²) < 4.78 is 10.2. The average molecular weight is 244 g/mol. The van der Waals surface area contributed by atoms with Crippen molar-refractivity contribution in [2.45, 2.75) is 25.7 Å².